The Bertz CT molecular complexity index is 1060. The normalized spacial score (nSPS) is 12.2. The van der Waals surface area contributed by atoms with E-state index in [2.05, 4.69) is 6.92 Å². The molecule has 0 aromatic heterocycles. The summed E-state index contributed by atoms with van der Waals surface area (Å²) in [6, 6.07) is 6.52. The molecule has 0 amide bonds. The molecule has 1 unspecified atom stereocenters. The number of rotatable bonds is 17. The molecule has 0 aliphatic rings. The van der Waals surface area contributed by atoms with Gasteiger partial charge in [-0.3, -0.25) is 0 Å². The molecule has 210 valence electrons. The van der Waals surface area contributed by atoms with Crippen molar-refractivity contribution in [2.45, 2.75) is 89.8 Å². The molecular formula is C28H34ClF3O6. The fraction of sp³-hybridized carbons (Fsp3) is 0.500. The average molecular weight is 559 g/mol. The number of carboxylic acid groups (broad SMARTS) is 2. The van der Waals surface area contributed by atoms with Crippen LogP contribution < -0.4 is 9.47 Å². The smallest absolute Gasteiger partial charge is 0.417 e. The number of halogens is 4. The Morgan fingerprint density at radius 3 is 1.95 bits per heavy atom. The first kappa shape index (κ1) is 31.3. The number of unbranched alkanes of at least 4 members (excludes halogenated alkanes) is 9. The van der Waals surface area contributed by atoms with Crippen molar-refractivity contribution in [3.63, 3.8) is 0 Å². The predicted octanol–water partition coefficient (Wildman–Crippen LogP) is 8.99. The van der Waals surface area contributed by atoms with Gasteiger partial charge in [-0.1, -0.05) is 76.3 Å². The van der Waals surface area contributed by atoms with Crippen molar-refractivity contribution in [3.05, 3.63) is 52.5 Å². The van der Waals surface area contributed by atoms with Crippen LogP contribution in [0.15, 0.2) is 36.4 Å². The SMILES string of the molecule is CCCCCCCCCCCCC(Oc1ccc(Oc2ccc(C(F)(F)F)c(Cl)c2)cc1C(=O)O)C(=O)O. The Kier molecular flexibility index (Phi) is 12.7. The molecule has 0 aliphatic carbocycles. The zero-order valence-corrected chi connectivity index (χ0v) is 22.1. The summed E-state index contributed by atoms with van der Waals surface area (Å²) in [4.78, 5) is 23.5. The van der Waals surface area contributed by atoms with Gasteiger partial charge in [0.2, 0.25) is 0 Å². The molecule has 0 radical (unpaired) electrons. The number of ether oxygens (including phenoxy) is 2. The van der Waals surface area contributed by atoms with Crippen LogP contribution in [0.4, 0.5) is 13.2 Å². The Hall–Kier alpha value is -2.94. The first-order valence-electron chi connectivity index (χ1n) is 12.8. The molecular weight excluding hydrogens is 525 g/mol. The van der Waals surface area contributed by atoms with Crippen LogP contribution in [0.25, 0.3) is 0 Å². The van der Waals surface area contributed by atoms with E-state index < -0.39 is 34.8 Å². The molecule has 0 bridgehead atoms. The maximum atomic E-state index is 12.9. The third kappa shape index (κ3) is 10.4. The van der Waals surface area contributed by atoms with E-state index in [4.69, 9.17) is 21.1 Å². The van der Waals surface area contributed by atoms with Crippen molar-refractivity contribution in [2.24, 2.45) is 0 Å². The van der Waals surface area contributed by atoms with Crippen LogP contribution in [0.3, 0.4) is 0 Å². The standard InChI is InChI=1S/C28H34ClF3O6/c1-2-3-4-5-6-7-8-9-10-11-12-25(27(35)36)38-24-16-14-19(17-21(24)26(33)34)37-20-13-15-22(23(29)18-20)28(30,31)32/h13-18,25H,2-12H2,1H3,(H,33,34)(H,35,36). The number of carbonyl (C=O) groups is 2. The van der Waals surface area contributed by atoms with Crippen LogP contribution >= 0.6 is 11.6 Å². The highest BCUT2D eigenvalue weighted by Gasteiger charge is 2.33. The fourth-order valence-corrected chi connectivity index (χ4v) is 4.25. The summed E-state index contributed by atoms with van der Waals surface area (Å²) in [6.07, 6.45) is 5.35. The van der Waals surface area contributed by atoms with E-state index in [1.807, 2.05) is 0 Å². The Morgan fingerprint density at radius 2 is 1.42 bits per heavy atom. The highest BCUT2D eigenvalue weighted by molar-refractivity contribution is 6.31. The minimum atomic E-state index is -4.63. The maximum Gasteiger partial charge on any atom is 0.417 e. The Morgan fingerprint density at radius 1 is 0.868 bits per heavy atom. The summed E-state index contributed by atoms with van der Waals surface area (Å²) in [5.74, 6) is -2.74. The van der Waals surface area contributed by atoms with Gasteiger partial charge in [-0.2, -0.15) is 13.2 Å². The number of alkyl halides is 3. The zero-order valence-electron chi connectivity index (χ0n) is 21.4. The lowest BCUT2D eigenvalue weighted by Crippen LogP contribution is -2.27. The molecule has 1 atom stereocenters. The van der Waals surface area contributed by atoms with Crippen LogP contribution in [0, 0.1) is 0 Å². The minimum Gasteiger partial charge on any atom is -0.479 e. The third-order valence-electron chi connectivity index (χ3n) is 6.03. The largest absolute Gasteiger partial charge is 0.479 e. The lowest BCUT2D eigenvalue weighted by atomic mass is 10.0. The first-order valence-corrected chi connectivity index (χ1v) is 13.2. The van der Waals surface area contributed by atoms with Gasteiger partial charge in [-0.15, -0.1) is 0 Å². The van der Waals surface area contributed by atoms with E-state index in [0.717, 1.165) is 49.9 Å². The molecule has 0 fully saturated rings. The van der Waals surface area contributed by atoms with Crippen molar-refractivity contribution in [3.8, 4) is 17.2 Å². The summed E-state index contributed by atoms with van der Waals surface area (Å²) in [5.41, 5.74) is -1.36. The molecule has 0 aliphatic heterocycles. The molecule has 0 spiro atoms. The molecule has 2 aromatic rings. The van der Waals surface area contributed by atoms with E-state index in [1.165, 1.54) is 44.2 Å². The van der Waals surface area contributed by atoms with Crippen molar-refractivity contribution in [1.82, 2.24) is 0 Å². The van der Waals surface area contributed by atoms with E-state index in [0.29, 0.717) is 6.42 Å². The van der Waals surface area contributed by atoms with Crippen molar-refractivity contribution < 1.29 is 42.4 Å². The van der Waals surface area contributed by atoms with Crippen LogP contribution in [-0.4, -0.2) is 28.3 Å². The van der Waals surface area contributed by atoms with Gasteiger partial charge in [-0.05, 0) is 43.2 Å². The highest BCUT2D eigenvalue weighted by Crippen LogP contribution is 2.37. The molecule has 2 N–H and O–H groups in total. The molecule has 2 aromatic carbocycles. The summed E-state index contributed by atoms with van der Waals surface area (Å²) in [5, 5.41) is 18.6. The van der Waals surface area contributed by atoms with Gasteiger partial charge in [0.15, 0.2) is 6.10 Å². The van der Waals surface area contributed by atoms with Crippen molar-refractivity contribution >= 4 is 23.5 Å². The molecule has 0 heterocycles. The van der Waals surface area contributed by atoms with Gasteiger partial charge in [0, 0.05) is 6.07 Å². The van der Waals surface area contributed by atoms with Crippen LogP contribution in [0.5, 0.6) is 17.2 Å². The summed E-state index contributed by atoms with van der Waals surface area (Å²) < 4.78 is 49.7. The predicted molar refractivity (Wildman–Crippen MR) is 138 cm³/mol. The van der Waals surface area contributed by atoms with E-state index in [-0.39, 0.29) is 29.2 Å². The topological polar surface area (TPSA) is 93.1 Å². The number of carboxylic acids is 2. The van der Waals surface area contributed by atoms with Gasteiger partial charge in [0.1, 0.15) is 22.8 Å². The number of benzene rings is 2. The number of aromatic carboxylic acids is 1. The summed E-state index contributed by atoms with van der Waals surface area (Å²) in [6.45, 7) is 2.18. The monoisotopic (exact) mass is 558 g/mol. The van der Waals surface area contributed by atoms with Gasteiger partial charge in [0.05, 0.1) is 10.6 Å². The number of hydrogen-bond donors (Lipinski definition) is 2. The minimum absolute atomic E-state index is 0.00662. The van der Waals surface area contributed by atoms with E-state index >= 15 is 0 Å². The Balaban J connectivity index is 1.96. The second-order valence-corrected chi connectivity index (χ2v) is 9.53. The lowest BCUT2D eigenvalue weighted by Gasteiger charge is -2.17. The van der Waals surface area contributed by atoms with E-state index in [9.17, 15) is 33.0 Å². The quantitative estimate of drug-likeness (QED) is 0.188. The first-order chi connectivity index (χ1) is 18.0. The van der Waals surface area contributed by atoms with Gasteiger partial charge < -0.3 is 19.7 Å². The molecule has 0 saturated carbocycles. The molecule has 0 saturated heterocycles. The zero-order chi connectivity index (χ0) is 28.1. The fourth-order valence-electron chi connectivity index (χ4n) is 3.97. The van der Waals surface area contributed by atoms with Crippen LogP contribution in [0.1, 0.15) is 93.5 Å². The van der Waals surface area contributed by atoms with Crippen LogP contribution in [-0.2, 0) is 11.0 Å². The number of hydrogen-bond acceptors (Lipinski definition) is 4. The molecule has 10 heteroatoms. The van der Waals surface area contributed by atoms with Gasteiger partial charge in [-0.25, -0.2) is 9.59 Å². The summed E-state index contributed by atoms with van der Waals surface area (Å²) >= 11 is 5.70. The van der Waals surface area contributed by atoms with Gasteiger partial charge >= 0.3 is 18.1 Å². The number of aliphatic carboxylic acids is 1. The average Bonchev–Trinajstić information content (AvgIpc) is 2.84. The third-order valence-corrected chi connectivity index (χ3v) is 6.34. The van der Waals surface area contributed by atoms with E-state index in [1.54, 1.807) is 0 Å². The Labute approximate surface area is 225 Å². The molecule has 38 heavy (non-hydrogen) atoms. The van der Waals surface area contributed by atoms with Crippen LogP contribution in [0.2, 0.25) is 5.02 Å². The van der Waals surface area contributed by atoms with Crippen molar-refractivity contribution in [1.29, 1.82) is 0 Å². The highest BCUT2D eigenvalue weighted by atomic mass is 35.5. The molecule has 6 nitrogen and oxygen atoms in total. The lowest BCUT2D eigenvalue weighted by molar-refractivity contribution is -0.145. The second-order valence-electron chi connectivity index (χ2n) is 9.12. The molecule has 2 rings (SSSR count). The summed E-state index contributed by atoms with van der Waals surface area (Å²) in [7, 11) is 0. The maximum absolute atomic E-state index is 12.9. The van der Waals surface area contributed by atoms with Gasteiger partial charge in [0.25, 0.3) is 0 Å². The van der Waals surface area contributed by atoms with Crippen molar-refractivity contribution in [2.75, 3.05) is 0 Å². The second kappa shape index (κ2) is 15.5.